The van der Waals surface area contributed by atoms with E-state index in [1.54, 1.807) is 24.3 Å². The van der Waals surface area contributed by atoms with E-state index in [2.05, 4.69) is 5.32 Å². The van der Waals surface area contributed by atoms with Crippen molar-refractivity contribution < 1.29 is 10.0 Å². The normalized spacial score (nSPS) is 11.9. The van der Waals surface area contributed by atoms with Crippen LogP contribution in [0.5, 0.6) is 5.75 Å². The summed E-state index contributed by atoms with van der Waals surface area (Å²) in [6, 6.07) is 11.1. The molecule has 104 valence electrons. The van der Waals surface area contributed by atoms with Gasteiger partial charge >= 0.3 is 0 Å². The van der Waals surface area contributed by atoms with E-state index in [-0.39, 0.29) is 22.5 Å². The first-order chi connectivity index (χ1) is 9.47. The number of phenols is 1. The Balaban J connectivity index is 2.12. The summed E-state index contributed by atoms with van der Waals surface area (Å²) in [5.74, 6) is 0.0280. The summed E-state index contributed by atoms with van der Waals surface area (Å²) < 4.78 is 0. The highest BCUT2D eigenvalue weighted by molar-refractivity contribution is 6.32. The van der Waals surface area contributed by atoms with Crippen molar-refractivity contribution >= 4 is 23.0 Å². The topological polar surface area (TPSA) is 75.4 Å². The zero-order valence-electron chi connectivity index (χ0n) is 10.7. The number of phenolic OH excluding ortho intramolecular Hbond substituents is 1. The summed E-state index contributed by atoms with van der Waals surface area (Å²) in [4.78, 5) is 10.2. The van der Waals surface area contributed by atoms with Gasteiger partial charge in [-0.1, -0.05) is 23.7 Å². The third-order valence-electron chi connectivity index (χ3n) is 2.93. The van der Waals surface area contributed by atoms with E-state index >= 15 is 0 Å². The largest absolute Gasteiger partial charge is 0.506 e. The molecule has 0 saturated heterocycles. The molecule has 0 heterocycles. The van der Waals surface area contributed by atoms with Crippen molar-refractivity contribution in [2.75, 3.05) is 5.32 Å². The Hall–Kier alpha value is -2.27. The van der Waals surface area contributed by atoms with Gasteiger partial charge in [0.2, 0.25) is 0 Å². The Labute approximate surface area is 121 Å². The third kappa shape index (κ3) is 3.19. The van der Waals surface area contributed by atoms with Crippen molar-refractivity contribution in [2.24, 2.45) is 0 Å². The van der Waals surface area contributed by atoms with Crippen LogP contribution in [-0.4, -0.2) is 10.0 Å². The molecule has 0 aromatic heterocycles. The van der Waals surface area contributed by atoms with Crippen LogP contribution in [0, 0.1) is 10.1 Å². The van der Waals surface area contributed by atoms with Gasteiger partial charge in [-0.05, 0) is 30.7 Å². The first-order valence-corrected chi connectivity index (χ1v) is 6.34. The molecule has 0 amide bonds. The minimum Gasteiger partial charge on any atom is -0.506 e. The van der Waals surface area contributed by atoms with Crippen molar-refractivity contribution in [1.29, 1.82) is 0 Å². The quantitative estimate of drug-likeness (QED) is 0.505. The van der Waals surface area contributed by atoms with Gasteiger partial charge in [-0.2, -0.15) is 0 Å². The number of aromatic hydroxyl groups is 1. The molecule has 2 N–H and O–H groups in total. The summed E-state index contributed by atoms with van der Waals surface area (Å²) in [6.07, 6.45) is 0. The van der Waals surface area contributed by atoms with Crippen LogP contribution in [-0.2, 0) is 0 Å². The van der Waals surface area contributed by atoms with Gasteiger partial charge in [0.05, 0.1) is 9.95 Å². The van der Waals surface area contributed by atoms with E-state index in [1.807, 2.05) is 6.92 Å². The second-order valence-electron chi connectivity index (χ2n) is 4.38. The van der Waals surface area contributed by atoms with Crippen molar-refractivity contribution in [2.45, 2.75) is 13.0 Å². The Kier molecular flexibility index (Phi) is 4.10. The highest BCUT2D eigenvalue weighted by atomic mass is 35.5. The van der Waals surface area contributed by atoms with Crippen molar-refractivity contribution in [3.63, 3.8) is 0 Å². The molecule has 0 fully saturated rings. The zero-order valence-corrected chi connectivity index (χ0v) is 11.5. The third-order valence-corrected chi connectivity index (χ3v) is 3.24. The van der Waals surface area contributed by atoms with E-state index in [4.69, 9.17) is 11.6 Å². The molecule has 0 saturated carbocycles. The molecule has 5 nitrogen and oxygen atoms in total. The number of nitrogens with zero attached hydrogens (tertiary/aromatic N) is 1. The second kappa shape index (κ2) is 5.79. The summed E-state index contributed by atoms with van der Waals surface area (Å²) in [6.45, 7) is 1.93. The summed E-state index contributed by atoms with van der Waals surface area (Å²) >= 11 is 5.83. The maximum Gasteiger partial charge on any atom is 0.269 e. The Morgan fingerprint density at radius 1 is 1.25 bits per heavy atom. The van der Waals surface area contributed by atoms with Crippen molar-refractivity contribution in [3.05, 3.63) is 63.2 Å². The first-order valence-electron chi connectivity index (χ1n) is 5.97. The smallest absolute Gasteiger partial charge is 0.269 e. The molecule has 0 aliphatic rings. The number of nitro groups is 1. The molecule has 20 heavy (non-hydrogen) atoms. The highest BCUT2D eigenvalue weighted by Gasteiger charge is 2.09. The van der Waals surface area contributed by atoms with Gasteiger partial charge in [0, 0.05) is 23.9 Å². The summed E-state index contributed by atoms with van der Waals surface area (Å²) in [5, 5.41) is 23.4. The number of nitrogens with one attached hydrogen (secondary N) is 1. The minimum absolute atomic E-state index is 0.0280. The predicted octanol–water partition coefficient (Wildman–Crippen LogP) is 4.13. The van der Waals surface area contributed by atoms with Crippen LogP contribution in [0.3, 0.4) is 0 Å². The second-order valence-corrected chi connectivity index (χ2v) is 4.79. The van der Waals surface area contributed by atoms with Crippen molar-refractivity contribution in [3.8, 4) is 5.75 Å². The number of non-ortho nitro benzene ring substituents is 1. The molecule has 2 aromatic rings. The van der Waals surface area contributed by atoms with Gasteiger partial charge in [-0.25, -0.2) is 0 Å². The van der Waals surface area contributed by atoms with Gasteiger partial charge in [-0.15, -0.1) is 0 Å². The standard InChI is InChI=1S/C14H13ClN2O3/c1-9(10-2-5-12(6-3-10)17(19)20)16-11-4-7-14(18)13(15)8-11/h2-9,16,18H,1H3. The molecular formula is C14H13ClN2O3. The maximum absolute atomic E-state index is 10.6. The lowest BCUT2D eigenvalue weighted by Gasteiger charge is -2.16. The van der Waals surface area contributed by atoms with E-state index in [0.29, 0.717) is 0 Å². The average Bonchev–Trinajstić information content (AvgIpc) is 2.43. The number of hydrogen-bond acceptors (Lipinski definition) is 4. The summed E-state index contributed by atoms with van der Waals surface area (Å²) in [7, 11) is 0. The van der Waals surface area contributed by atoms with E-state index in [0.717, 1.165) is 11.3 Å². The number of hydrogen-bond donors (Lipinski definition) is 2. The fourth-order valence-electron chi connectivity index (χ4n) is 1.81. The number of nitro benzene ring substituents is 1. The van der Waals surface area contributed by atoms with Crippen LogP contribution in [0.1, 0.15) is 18.5 Å². The lowest BCUT2D eigenvalue weighted by molar-refractivity contribution is -0.384. The molecule has 1 atom stereocenters. The summed E-state index contributed by atoms with van der Waals surface area (Å²) in [5.41, 5.74) is 1.74. The molecule has 2 rings (SSSR count). The minimum atomic E-state index is -0.429. The number of anilines is 1. The monoisotopic (exact) mass is 292 g/mol. The SMILES string of the molecule is CC(Nc1ccc(O)c(Cl)c1)c1ccc([N+](=O)[O-])cc1. The van der Waals surface area contributed by atoms with Crippen LogP contribution in [0.25, 0.3) is 0 Å². The molecule has 0 bridgehead atoms. The number of rotatable bonds is 4. The Morgan fingerprint density at radius 3 is 2.45 bits per heavy atom. The van der Waals surface area contributed by atoms with E-state index < -0.39 is 4.92 Å². The van der Waals surface area contributed by atoms with Gasteiger partial charge in [0.15, 0.2) is 0 Å². The molecule has 0 radical (unpaired) electrons. The maximum atomic E-state index is 10.6. The molecule has 1 unspecified atom stereocenters. The molecular weight excluding hydrogens is 280 g/mol. The first kappa shape index (κ1) is 14.1. The van der Waals surface area contributed by atoms with Gasteiger partial charge in [0.25, 0.3) is 5.69 Å². The zero-order chi connectivity index (χ0) is 14.7. The van der Waals surface area contributed by atoms with Crippen LogP contribution < -0.4 is 5.32 Å². The lowest BCUT2D eigenvalue weighted by Crippen LogP contribution is -2.06. The fraction of sp³-hybridized carbons (Fsp3) is 0.143. The predicted molar refractivity (Wildman–Crippen MR) is 78.3 cm³/mol. The van der Waals surface area contributed by atoms with Crippen LogP contribution in [0.4, 0.5) is 11.4 Å². The lowest BCUT2D eigenvalue weighted by atomic mass is 10.1. The van der Waals surface area contributed by atoms with Crippen LogP contribution in [0.2, 0.25) is 5.02 Å². The van der Waals surface area contributed by atoms with Gasteiger partial charge in [0.1, 0.15) is 5.75 Å². The van der Waals surface area contributed by atoms with Crippen LogP contribution >= 0.6 is 11.6 Å². The average molecular weight is 293 g/mol. The van der Waals surface area contributed by atoms with E-state index in [9.17, 15) is 15.2 Å². The Morgan fingerprint density at radius 2 is 1.90 bits per heavy atom. The molecule has 0 aliphatic heterocycles. The Bertz CT molecular complexity index is 629. The van der Waals surface area contributed by atoms with Crippen molar-refractivity contribution in [1.82, 2.24) is 0 Å². The molecule has 0 spiro atoms. The van der Waals surface area contributed by atoms with Gasteiger partial charge < -0.3 is 10.4 Å². The van der Waals surface area contributed by atoms with Gasteiger partial charge in [-0.3, -0.25) is 10.1 Å². The fourth-order valence-corrected chi connectivity index (χ4v) is 2.00. The molecule has 2 aromatic carbocycles. The highest BCUT2D eigenvalue weighted by Crippen LogP contribution is 2.28. The number of halogens is 1. The molecule has 0 aliphatic carbocycles. The number of benzene rings is 2. The molecule has 6 heteroatoms. The van der Waals surface area contributed by atoms with E-state index in [1.165, 1.54) is 18.2 Å². The van der Waals surface area contributed by atoms with Crippen LogP contribution in [0.15, 0.2) is 42.5 Å².